The van der Waals surface area contributed by atoms with Crippen LogP contribution in [0.25, 0.3) is 0 Å². The van der Waals surface area contributed by atoms with Gasteiger partial charge in [0.2, 0.25) is 21.8 Å². The number of anilines is 1. The van der Waals surface area contributed by atoms with E-state index in [1.54, 1.807) is 0 Å². The molecule has 1 aliphatic heterocycles. The molecule has 1 aliphatic rings. The Hall–Kier alpha value is -2.87. The molecule has 1 saturated heterocycles. The highest BCUT2D eigenvalue weighted by Crippen LogP contribution is 2.26. The van der Waals surface area contributed by atoms with Crippen molar-refractivity contribution in [1.29, 1.82) is 0 Å². The van der Waals surface area contributed by atoms with Gasteiger partial charge in [0, 0.05) is 26.1 Å². The number of hydrogen-bond donors (Lipinski definition) is 1. The van der Waals surface area contributed by atoms with Crippen LogP contribution in [0.5, 0.6) is 0 Å². The molecule has 0 bridgehead atoms. The minimum Gasteiger partial charge on any atom is -0.350 e. The van der Waals surface area contributed by atoms with E-state index >= 15 is 0 Å². The number of rotatable bonds is 8. The van der Waals surface area contributed by atoms with Crippen molar-refractivity contribution >= 4 is 27.5 Å². The van der Waals surface area contributed by atoms with Crippen molar-refractivity contribution in [2.75, 3.05) is 23.7 Å². The van der Waals surface area contributed by atoms with Gasteiger partial charge in [0.05, 0.1) is 11.9 Å². The number of aryl methyl sites for hydroxylation is 2. The SMILES string of the molecule is Cc1cccc(C)c1N(CC(=O)NCc1cccc(CN2CCCC2=O)c1)S(C)(=O)=O. The van der Waals surface area contributed by atoms with Crippen molar-refractivity contribution in [3.63, 3.8) is 0 Å². The average Bonchev–Trinajstić information content (AvgIpc) is 3.09. The highest BCUT2D eigenvalue weighted by Gasteiger charge is 2.24. The van der Waals surface area contributed by atoms with Gasteiger partial charge >= 0.3 is 0 Å². The molecule has 0 saturated carbocycles. The van der Waals surface area contributed by atoms with Gasteiger partial charge in [-0.15, -0.1) is 0 Å². The van der Waals surface area contributed by atoms with E-state index in [1.165, 1.54) is 0 Å². The Morgan fingerprint density at radius 3 is 2.35 bits per heavy atom. The molecule has 0 atom stereocenters. The lowest BCUT2D eigenvalue weighted by Crippen LogP contribution is -2.40. The first-order valence-corrected chi connectivity index (χ1v) is 12.2. The van der Waals surface area contributed by atoms with Gasteiger partial charge in [-0.1, -0.05) is 42.5 Å². The van der Waals surface area contributed by atoms with Gasteiger partial charge in [0.25, 0.3) is 0 Å². The highest BCUT2D eigenvalue weighted by atomic mass is 32.2. The number of sulfonamides is 1. The molecule has 0 aliphatic carbocycles. The number of hydrogen-bond acceptors (Lipinski definition) is 4. The number of nitrogens with zero attached hydrogens (tertiary/aromatic N) is 2. The second-order valence-corrected chi connectivity index (χ2v) is 9.93. The lowest BCUT2D eigenvalue weighted by Gasteiger charge is -2.25. The largest absolute Gasteiger partial charge is 0.350 e. The van der Waals surface area contributed by atoms with E-state index in [9.17, 15) is 18.0 Å². The number of carbonyl (C=O) groups is 2. The fraction of sp³-hybridized carbons (Fsp3) is 0.391. The fourth-order valence-corrected chi connectivity index (χ4v) is 4.85. The maximum absolute atomic E-state index is 12.6. The normalized spacial score (nSPS) is 14.0. The number of carbonyl (C=O) groups excluding carboxylic acids is 2. The molecule has 0 unspecified atom stereocenters. The second kappa shape index (κ2) is 9.51. The predicted octanol–water partition coefficient (Wildman–Crippen LogP) is 2.51. The zero-order chi connectivity index (χ0) is 22.6. The molecular formula is C23H29N3O4S. The van der Waals surface area contributed by atoms with E-state index in [-0.39, 0.29) is 24.9 Å². The molecule has 2 aromatic rings. The lowest BCUT2D eigenvalue weighted by molar-refractivity contribution is -0.128. The van der Waals surface area contributed by atoms with E-state index in [1.807, 2.05) is 61.2 Å². The molecular weight excluding hydrogens is 414 g/mol. The predicted molar refractivity (Wildman–Crippen MR) is 121 cm³/mol. The van der Waals surface area contributed by atoms with Crippen LogP contribution in [0.15, 0.2) is 42.5 Å². The summed E-state index contributed by atoms with van der Waals surface area (Å²) in [4.78, 5) is 26.3. The molecule has 3 rings (SSSR count). The summed E-state index contributed by atoms with van der Waals surface area (Å²) in [6, 6.07) is 13.2. The molecule has 0 radical (unpaired) electrons. The maximum Gasteiger partial charge on any atom is 0.241 e. The highest BCUT2D eigenvalue weighted by molar-refractivity contribution is 7.92. The summed E-state index contributed by atoms with van der Waals surface area (Å²) in [5, 5.41) is 2.81. The summed E-state index contributed by atoms with van der Waals surface area (Å²) < 4.78 is 25.9. The van der Waals surface area contributed by atoms with Crippen LogP contribution in [0.4, 0.5) is 5.69 Å². The third kappa shape index (κ3) is 5.85. The van der Waals surface area contributed by atoms with Gasteiger partial charge in [-0.3, -0.25) is 13.9 Å². The van der Waals surface area contributed by atoms with Crippen LogP contribution in [-0.4, -0.2) is 44.5 Å². The fourth-order valence-electron chi connectivity index (χ4n) is 3.88. The standard InChI is InChI=1S/C23H29N3O4S/c1-17-7-4-8-18(2)23(17)26(31(3,29)30)16-21(27)24-14-19-9-5-10-20(13-19)15-25-12-6-11-22(25)28/h4-5,7-10,13H,6,11-12,14-16H2,1-3H3,(H,24,27). The number of benzene rings is 2. The first kappa shape index (κ1) is 22.8. The van der Waals surface area contributed by atoms with E-state index in [2.05, 4.69) is 5.32 Å². The Morgan fingerprint density at radius 2 is 1.74 bits per heavy atom. The third-order valence-corrected chi connectivity index (χ3v) is 6.51. The summed E-state index contributed by atoms with van der Waals surface area (Å²) in [5.74, 6) is -0.209. The van der Waals surface area contributed by atoms with Crippen LogP contribution in [0.1, 0.15) is 35.1 Å². The number of amides is 2. The number of para-hydroxylation sites is 1. The Kier molecular flexibility index (Phi) is 7.00. The molecule has 1 N–H and O–H groups in total. The van der Waals surface area contributed by atoms with Gasteiger partial charge in [-0.05, 0) is 42.5 Å². The first-order valence-electron chi connectivity index (χ1n) is 10.3. The van der Waals surface area contributed by atoms with Gasteiger partial charge < -0.3 is 10.2 Å². The summed E-state index contributed by atoms with van der Waals surface area (Å²) in [6.45, 7) is 5.00. The molecule has 7 nitrogen and oxygen atoms in total. The molecule has 0 spiro atoms. The molecule has 8 heteroatoms. The monoisotopic (exact) mass is 443 g/mol. The quantitative estimate of drug-likeness (QED) is 0.679. The lowest BCUT2D eigenvalue weighted by atomic mass is 10.1. The Balaban J connectivity index is 1.66. The molecule has 2 aromatic carbocycles. The van der Waals surface area contributed by atoms with Crippen molar-refractivity contribution in [3.8, 4) is 0 Å². The minimum atomic E-state index is -3.63. The summed E-state index contributed by atoms with van der Waals surface area (Å²) in [6.07, 6.45) is 2.61. The van der Waals surface area contributed by atoms with Crippen molar-refractivity contribution in [3.05, 3.63) is 64.7 Å². The van der Waals surface area contributed by atoms with Crippen molar-refractivity contribution in [1.82, 2.24) is 10.2 Å². The van der Waals surface area contributed by atoms with E-state index in [0.29, 0.717) is 18.7 Å². The van der Waals surface area contributed by atoms with Gasteiger partial charge in [0.1, 0.15) is 6.54 Å². The zero-order valence-corrected chi connectivity index (χ0v) is 19.0. The van der Waals surface area contributed by atoms with Gasteiger partial charge in [0.15, 0.2) is 0 Å². The van der Waals surface area contributed by atoms with E-state index in [4.69, 9.17) is 0 Å². The maximum atomic E-state index is 12.6. The first-order chi connectivity index (χ1) is 14.6. The molecule has 1 heterocycles. The van der Waals surface area contributed by atoms with E-state index in [0.717, 1.165) is 45.8 Å². The Labute approximate surface area is 184 Å². The third-order valence-electron chi connectivity index (χ3n) is 5.40. The summed E-state index contributed by atoms with van der Waals surface area (Å²) >= 11 is 0. The van der Waals surface area contributed by atoms with Gasteiger partial charge in [-0.25, -0.2) is 8.42 Å². The minimum absolute atomic E-state index is 0.172. The molecule has 31 heavy (non-hydrogen) atoms. The van der Waals surface area contributed by atoms with Crippen molar-refractivity contribution in [2.45, 2.75) is 39.8 Å². The number of nitrogens with one attached hydrogen (secondary N) is 1. The van der Waals surface area contributed by atoms with Crippen molar-refractivity contribution in [2.24, 2.45) is 0 Å². The molecule has 166 valence electrons. The van der Waals surface area contributed by atoms with Crippen molar-refractivity contribution < 1.29 is 18.0 Å². The summed E-state index contributed by atoms with van der Waals surface area (Å²) in [5.41, 5.74) is 4.04. The van der Waals surface area contributed by atoms with Gasteiger partial charge in [-0.2, -0.15) is 0 Å². The second-order valence-electron chi connectivity index (χ2n) is 8.03. The van der Waals surface area contributed by atoms with E-state index < -0.39 is 10.0 Å². The van der Waals surface area contributed by atoms with Crippen LogP contribution >= 0.6 is 0 Å². The number of likely N-dealkylation sites (tertiary alicyclic amines) is 1. The topological polar surface area (TPSA) is 86.8 Å². The molecule has 0 aromatic heterocycles. The Bertz CT molecular complexity index is 1060. The summed E-state index contributed by atoms with van der Waals surface area (Å²) in [7, 11) is -3.63. The van der Waals surface area contributed by atoms with Crippen LogP contribution in [0.2, 0.25) is 0 Å². The molecule has 1 fully saturated rings. The van der Waals surface area contributed by atoms with Crippen LogP contribution < -0.4 is 9.62 Å². The van der Waals surface area contributed by atoms with Crippen LogP contribution in [-0.2, 0) is 32.7 Å². The molecule has 2 amide bonds. The van der Waals surface area contributed by atoms with Crippen LogP contribution in [0.3, 0.4) is 0 Å². The zero-order valence-electron chi connectivity index (χ0n) is 18.2. The smallest absolute Gasteiger partial charge is 0.241 e. The van der Waals surface area contributed by atoms with Crippen LogP contribution in [0, 0.1) is 13.8 Å². The Morgan fingerprint density at radius 1 is 1.10 bits per heavy atom. The average molecular weight is 444 g/mol.